The SMILES string of the molecule is CCOC(=O)C(C#N)C1(c2ccc3c(c2)OCO3)CCN(C(=O)O)CC1. The molecule has 8 heteroatoms. The third-order valence-electron chi connectivity index (χ3n) is 5.08. The highest BCUT2D eigenvalue weighted by Crippen LogP contribution is 2.45. The Labute approximate surface area is 150 Å². The number of benzene rings is 1. The fraction of sp³-hybridized carbons (Fsp3) is 0.500. The van der Waals surface area contributed by atoms with Crippen LogP contribution in [0.3, 0.4) is 0 Å². The third-order valence-corrected chi connectivity index (χ3v) is 5.08. The Balaban J connectivity index is 2.01. The fourth-order valence-electron chi connectivity index (χ4n) is 3.67. The largest absolute Gasteiger partial charge is 0.465 e. The van der Waals surface area contributed by atoms with E-state index in [9.17, 15) is 20.0 Å². The molecule has 0 aliphatic carbocycles. The van der Waals surface area contributed by atoms with Gasteiger partial charge in [-0.05, 0) is 37.5 Å². The van der Waals surface area contributed by atoms with Crippen LogP contribution in [-0.2, 0) is 14.9 Å². The van der Waals surface area contributed by atoms with Crippen LogP contribution in [0.25, 0.3) is 0 Å². The monoisotopic (exact) mass is 360 g/mol. The molecule has 0 spiro atoms. The zero-order chi connectivity index (χ0) is 18.7. The van der Waals surface area contributed by atoms with Crippen LogP contribution in [0.4, 0.5) is 4.79 Å². The zero-order valence-electron chi connectivity index (χ0n) is 14.4. The number of amides is 1. The minimum absolute atomic E-state index is 0.123. The van der Waals surface area contributed by atoms with Crippen LogP contribution in [0.1, 0.15) is 25.3 Å². The van der Waals surface area contributed by atoms with Crippen LogP contribution in [0.5, 0.6) is 11.5 Å². The molecule has 138 valence electrons. The number of hydrogen-bond acceptors (Lipinski definition) is 6. The molecule has 8 nitrogen and oxygen atoms in total. The molecule has 3 rings (SSSR count). The topological polar surface area (TPSA) is 109 Å². The van der Waals surface area contributed by atoms with E-state index in [1.807, 2.05) is 6.07 Å². The summed E-state index contributed by atoms with van der Waals surface area (Å²) in [6.45, 7) is 2.46. The number of nitrogens with zero attached hydrogens (tertiary/aromatic N) is 2. The van der Waals surface area contributed by atoms with Crippen molar-refractivity contribution < 1.29 is 28.9 Å². The lowest BCUT2D eigenvalue weighted by molar-refractivity contribution is -0.149. The van der Waals surface area contributed by atoms with Crippen molar-refractivity contribution in [2.24, 2.45) is 5.92 Å². The first-order valence-electron chi connectivity index (χ1n) is 8.46. The van der Waals surface area contributed by atoms with E-state index in [0.29, 0.717) is 24.3 Å². The first kappa shape index (κ1) is 17.9. The summed E-state index contributed by atoms with van der Waals surface area (Å²) in [5.41, 5.74) is -0.0834. The highest BCUT2D eigenvalue weighted by molar-refractivity contribution is 5.78. The quantitative estimate of drug-likeness (QED) is 0.819. The van der Waals surface area contributed by atoms with Gasteiger partial charge < -0.3 is 24.2 Å². The van der Waals surface area contributed by atoms with Crippen LogP contribution in [-0.4, -0.2) is 48.6 Å². The van der Waals surface area contributed by atoms with E-state index in [4.69, 9.17) is 14.2 Å². The van der Waals surface area contributed by atoms with E-state index in [0.717, 1.165) is 5.56 Å². The van der Waals surface area contributed by atoms with Crippen LogP contribution in [0.15, 0.2) is 18.2 Å². The predicted molar refractivity (Wildman–Crippen MR) is 88.8 cm³/mol. The molecule has 1 atom stereocenters. The van der Waals surface area contributed by atoms with Gasteiger partial charge in [-0.25, -0.2) is 4.79 Å². The van der Waals surface area contributed by atoms with E-state index < -0.39 is 23.4 Å². The Morgan fingerprint density at radius 2 is 2.04 bits per heavy atom. The van der Waals surface area contributed by atoms with Gasteiger partial charge in [-0.2, -0.15) is 5.26 Å². The molecule has 0 bridgehead atoms. The van der Waals surface area contributed by atoms with Gasteiger partial charge in [0.1, 0.15) is 0 Å². The lowest BCUT2D eigenvalue weighted by Crippen LogP contribution is -2.50. The number of nitriles is 1. The van der Waals surface area contributed by atoms with Crippen LogP contribution in [0.2, 0.25) is 0 Å². The van der Waals surface area contributed by atoms with Crippen molar-refractivity contribution >= 4 is 12.1 Å². The van der Waals surface area contributed by atoms with Crippen molar-refractivity contribution in [1.82, 2.24) is 4.90 Å². The van der Waals surface area contributed by atoms with E-state index in [1.54, 1.807) is 19.1 Å². The number of carbonyl (C=O) groups excluding carboxylic acids is 1. The van der Waals surface area contributed by atoms with Gasteiger partial charge in [0.25, 0.3) is 0 Å². The van der Waals surface area contributed by atoms with Crippen LogP contribution in [0, 0.1) is 17.2 Å². The van der Waals surface area contributed by atoms with E-state index >= 15 is 0 Å². The highest BCUT2D eigenvalue weighted by Gasteiger charge is 2.48. The van der Waals surface area contributed by atoms with Gasteiger partial charge in [-0.1, -0.05) is 6.07 Å². The van der Waals surface area contributed by atoms with Crippen molar-refractivity contribution in [2.45, 2.75) is 25.2 Å². The van der Waals surface area contributed by atoms with Crippen molar-refractivity contribution in [3.8, 4) is 17.6 Å². The van der Waals surface area contributed by atoms with Crippen molar-refractivity contribution in [1.29, 1.82) is 5.26 Å². The zero-order valence-corrected chi connectivity index (χ0v) is 14.4. The van der Waals surface area contributed by atoms with Gasteiger partial charge in [-0.15, -0.1) is 0 Å². The number of piperidine rings is 1. The second-order valence-corrected chi connectivity index (χ2v) is 6.31. The standard InChI is InChI=1S/C18H20N2O6/c1-2-24-16(21)13(10-19)18(5-7-20(8-6-18)17(22)23)12-3-4-14-15(9-12)26-11-25-14/h3-4,9,13H,2,5-8,11H2,1H3,(H,22,23). The molecule has 2 aliphatic heterocycles. The third kappa shape index (κ3) is 3.01. The molecule has 1 aromatic carbocycles. The molecule has 0 radical (unpaired) electrons. The normalized spacial score (nSPS) is 18.7. The van der Waals surface area contributed by atoms with Crippen molar-refractivity contribution in [2.75, 3.05) is 26.5 Å². The van der Waals surface area contributed by atoms with E-state index in [2.05, 4.69) is 6.07 Å². The molecule has 1 amide bonds. The molecule has 2 aliphatic rings. The van der Waals surface area contributed by atoms with Crippen molar-refractivity contribution in [3.05, 3.63) is 23.8 Å². The number of fused-ring (bicyclic) bond motifs is 1. The number of esters is 1. The summed E-state index contributed by atoms with van der Waals surface area (Å²) in [4.78, 5) is 25.0. The van der Waals surface area contributed by atoms with Crippen LogP contribution < -0.4 is 9.47 Å². The Hall–Kier alpha value is -2.95. The number of ether oxygens (including phenoxy) is 3. The molecule has 1 saturated heterocycles. The average Bonchev–Trinajstić information content (AvgIpc) is 3.10. The van der Waals surface area contributed by atoms with Crippen LogP contribution >= 0.6 is 0 Å². The lowest BCUT2D eigenvalue weighted by atomic mass is 9.64. The number of carboxylic acid groups (broad SMARTS) is 1. The molecule has 1 unspecified atom stereocenters. The summed E-state index contributed by atoms with van der Waals surface area (Å²) in [5.74, 6) is -0.449. The highest BCUT2D eigenvalue weighted by atomic mass is 16.7. The number of hydrogen-bond donors (Lipinski definition) is 1. The summed E-state index contributed by atoms with van der Waals surface area (Å²) >= 11 is 0. The minimum Gasteiger partial charge on any atom is -0.465 e. The molecule has 0 saturated carbocycles. The second-order valence-electron chi connectivity index (χ2n) is 6.31. The maximum Gasteiger partial charge on any atom is 0.407 e. The van der Waals surface area contributed by atoms with Gasteiger partial charge in [0.05, 0.1) is 12.7 Å². The molecular weight excluding hydrogens is 340 g/mol. The minimum atomic E-state index is -1.03. The maximum absolute atomic E-state index is 12.5. The number of carbonyl (C=O) groups is 2. The van der Waals surface area contributed by atoms with Gasteiger partial charge in [-0.3, -0.25) is 4.79 Å². The number of rotatable bonds is 4. The molecular formula is C18H20N2O6. The summed E-state index contributed by atoms with van der Waals surface area (Å²) < 4.78 is 15.9. The Morgan fingerprint density at radius 3 is 2.65 bits per heavy atom. The predicted octanol–water partition coefficient (Wildman–Crippen LogP) is 2.13. The fourth-order valence-corrected chi connectivity index (χ4v) is 3.67. The molecule has 1 N–H and O–H groups in total. The maximum atomic E-state index is 12.5. The first-order chi connectivity index (χ1) is 12.5. The molecule has 2 heterocycles. The van der Waals surface area contributed by atoms with E-state index in [1.165, 1.54) is 4.90 Å². The van der Waals surface area contributed by atoms with Gasteiger partial charge in [0, 0.05) is 18.5 Å². The van der Waals surface area contributed by atoms with Gasteiger partial charge >= 0.3 is 12.1 Å². The molecule has 26 heavy (non-hydrogen) atoms. The summed E-state index contributed by atoms with van der Waals surface area (Å²) in [6.07, 6.45) is -0.319. The van der Waals surface area contributed by atoms with Crippen molar-refractivity contribution in [3.63, 3.8) is 0 Å². The Morgan fingerprint density at radius 1 is 1.35 bits per heavy atom. The Kier molecular flexibility index (Phi) is 4.89. The summed E-state index contributed by atoms with van der Waals surface area (Å²) in [5, 5.41) is 19.0. The molecule has 0 aromatic heterocycles. The molecule has 1 aromatic rings. The first-order valence-corrected chi connectivity index (χ1v) is 8.46. The van der Waals surface area contributed by atoms with E-state index in [-0.39, 0.29) is 26.5 Å². The average molecular weight is 360 g/mol. The molecule has 1 fully saturated rings. The number of likely N-dealkylation sites (tertiary alicyclic amines) is 1. The second kappa shape index (κ2) is 7.12. The van der Waals surface area contributed by atoms with Gasteiger partial charge in [0.15, 0.2) is 17.4 Å². The Bertz CT molecular complexity index is 749. The smallest absolute Gasteiger partial charge is 0.407 e. The summed E-state index contributed by atoms with van der Waals surface area (Å²) in [7, 11) is 0. The lowest BCUT2D eigenvalue weighted by Gasteiger charge is -2.43. The van der Waals surface area contributed by atoms with Gasteiger partial charge in [0.2, 0.25) is 6.79 Å². The summed E-state index contributed by atoms with van der Waals surface area (Å²) in [6, 6.07) is 7.44.